The lowest BCUT2D eigenvalue weighted by Gasteiger charge is -2.35. The van der Waals surface area contributed by atoms with E-state index >= 15 is 0 Å². The Hall–Kier alpha value is -2.74. The smallest absolute Gasteiger partial charge is 0.219 e. The first-order valence-corrected chi connectivity index (χ1v) is 7.38. The summed E-state index contributed by atoms with van der Waals surface area (Å²) in [5.74, 6) is 0.959. The Morgan fingerprint density at radius 2 is 1.86 bits per heavy atom. The van der Waals surface area contributed by atoms with Crippen molar-refractivity contribution in [1.82, 2.24) is 9.88 Å². The first-order chi connectivity index (χ1) is 10.7. The average molecular weight is 294 g/mol. The number of rotatable bonds is 2. The number of aromatic amines is 1. The number of aromatic nitrogens is 1. The van der Waals surface area contributed by atoms with Gasteiger partial charge in [-0.15, -0.1) is 0 Å². The molecule has 1 amide bonds. The monoisotopic (exact) mass is 294 g/mol. The summed E-state index contributed by atoms with van der Waals surface area (Å²) in [5, 5.41) is 9.39. The van der Waals surface area contributed by atoms with Crippen LogP contribution in [0.4, 0.5) is 5.82 Å². The molecule has 1 aliphatic heterocycles. The van der Waals surface area contributed by atoms with Crippen LogP contribution in [0.5, 0.6) is 0 Å². The minimum absolute atomic E-state index is 0.108. The SMILES string of the molecule is CC(=O)N1CCN(c2[nH]c(-c3ccccc3)cc2C#N)CC1. The van der Waals surface area contributed by atoms with E-state index in [1.54, 1.807) is 6.92 Å². The maximum absolute atomic E-state index is 11.4. The van der Waals surface area contributed by atoms with Gasteiger partial charge in [0, 0.05) is 38.8 Å². The molecule has 5 heteroatoms. The van der Waals surface area contributed by atoms with Crippen LogP contribution in [0.15, 0.2) is 36.4 Å². The molecule has 0 aliphatic carbocycles. The summed E-state index contributed by atoms with van der Waals surface area (Å²) in [6.07, 6.45) is 0. The van der Waals surface area contributed by atoms with Gasteiger partial charge in [-0.3, -0.25) is 4.79 Å². The van der Waals surface area contributed by atoms with Crippen LogP contribution >= 0.6 is 0 Å². The van der Waals surface area contributed by atoms with Gasteiger partial charge in [-0.1, -0.05) is 30.3 Å². The summed E-state index contributed by atoms with van der Waals surface area (Å²) in [6, 6.07) is 14.1. The van der Waals surface area contributed by atoms with Crippen molar-refractivity contribution in [3.05, 3.63) is 42.0 Å². The lowest BCUT2D eigenvalue weighted by molar-refractivity contribution is -0.129. The van der Waals surface area contributed by atoms with Crippen LogP contribution in [0.1, 0.15) is 12.5 Å². The van der Waals surface area contributed by atoms with Gasteiger partial charge in [0.1, 0.15) is 11.9 Å². The van der Waals surface area contributed by atoms with Crippen molar-refractivity contribution in [2.75, 3.05) is 31.1 Å². The molecule has 0 atom stereocenters. The Labute approximate surface area is 129 Å². The van der Waals surface area contributed by atoms with Crippen molar-refractivity contribution in [3.8, 4) is 17.3 Å². The van der Waals surface area contributed by atoms with Gasteiger partial charge in [-0.2, -0.15) is 5.26 Å². The minimum atomic E-state index is 0.108. The summed E-state index contributed by atoms with van der Waals surface area (Å²) in [5.41, 5.74) is 2.66. The highest BCUT2D eigenvalue weighted by Crippen LogP contribution is 2.27. The number of H-pyrrole nitrogens is 1. The molecule has 1 N–H and O–H groups in total. The molecule has 5 nitrogen and oxygen atoms in total. The van der Waals surface area contributed by atoms with Gasteiger partial charge in [0.25, 0.3) is 0 Å². The molecule has 2 heterocycles. The van der Waals surface area contributed by atoms with Crippen molar-refractivity contribution < 1.29 is 4.79 Å². The van der Waals surface area contributed by atoms with Gasteiger partial charge < -0.3 is 14.8 Å². The first-order valence-electron chi connectivity index (χ1n) is 7.38. The molecule has 1 aliphatic rings. The molecule has 0 unspecified atom stereocenters. The zero-order valence-electron chi connectivity index (χ0n) is 12.5. The molecular formula is C17H18N4O. The van der Waals surface area contributed by atoms with Crippen LogP contribution in [0.3, 0.4) is 0 Å². The summed E-state index contributed by atoms with van der Waals surface area (Å²) < 4.78 is 0. The highest BCUT2D eigenvalue weighted by Gasteiger charge is 2.22. The molecule has 0 spiro atoms. The normalized spacial score (nSPS) is 14.7. The predicted octanol–water partition coefficient (Wildman–Crippen LogP) is 2.22. The Morgan fingerprint density at radius 3 is 2.45 bits per heavy atom. The summed E-state index contributed by atoms with van der Waals surface area (Å²) in [7, 11) is 0. The molecule has 0 bridgehead atoms. The van der Waals surface area contributed by atoms with E-state index in [-0.39, 0.29) is 5.91 Å². The number of benzene rings is 1. The molecule has 3 rings (SSSR count). The topological polar surface area (TPSA) is 63.1 Å². The zero-order chi connectivity index (χ0) is 15.5. The van der Waals surface area contributed by atoms with Crippen LogP contribution in [0.25, 0.3) is 11.3 Å². The van der Waals surface area contributed by atoms with E-state index in [9.17, 15) is 10.1 Å². The quantitative estimate of drug-likeness (QED) is 0.923. The van der Waals surface area contributed by atoms with Gasteiger partial charge >= 0.3 is 0 Å². The van der Waals surface area contributed by atoms with E-state index in [1.165, 1.54) is 0 Å². The molecular weight excluding hydrogens is 276 g/mol. The first kappa shape index (κ1) is 14.2. The van der Waals surface area contributed by atoms with Crippen molar-refractivity contribution in [2.24, 2.45) is 0 Å². The number of piperazine rings is 1. The van der Waals surface area contributed by atoms with Crippen molar-refractivity contribution in [1.29, 1.82) is 5.26 Å². The van der Waals surface area contributed by atoms with E-state index in [0.29, 0.717) is 18.7 Å². The van der Waals surface area contributed by atoms with Crippen LogP contribution in [-0.4, -0.2) is 42.0 Å². The third-order valence-electron chi connectivity index (χ3n) is 4.04. The van der Waals surface area contributed by atoms with E-state index in [4.69, 9.17) is 0 Å². The highest BCUT2D eigenvalue weighted by atomic mass is 16.2. The number of hydrogen-bond acceptors (Lipinski definition) is 3. The predicted molar refractivity (Wildman–Crippen MR) is 85.4 cm³/mol. The van der Waals surface area contributed by atoms with Crippen LogP contribution in [0.2, 0.25) is 0 Å². The second-order valence-electron chi connectivity index (χ2n) is 5.42. The number of carbonyl (C=O) groups excluding carboxylic acids is 1. The largest absolute Gasteiger partial charge is 0.354 e. The molecule has 1 aromatic carbocycles. The fourth-order valence-corrected chi connectivity index (χ4v) is 2.80. The lowest BCUT2D eigenvalue weighted by atomic mass is 10.1. The number of nitrogens with zero attached hydrogens (tertiary/aromatic N) is 3. The van der Waals surface area contributed by atoms with Crippen molar-refractivity contribution in [2.45, 2.75) is 6.92 Å². The summed E-state index contributed by atoms with van der Waals surface area (Å²) in [4.78, 5) is 18.7. The fraction of sp³-hybridized carbons (Fsp3) is 0.294. The molecule has 0 saturated carbocycles. The van der Waals surface area contributed by atoms with Gasteiger partial charge in [0.15, 0.2) is 0 Å². The second kappa shape index (κ2) is 5.94. The van der Waals surface area contributed by atoms with Crippen LogP contribution in [-0.2, 0) is 4.79 Å². The molecule has 1 fully saturated rings. The van der Waals surface area contributed by atoms with E-state index < -0.39 is 0 Å². The Balaban J connectivity index is 1.84. The van der Waals surface area contributed by atoms with E-state index in [1.807, 2.05) is 41.3 Å². The number of anilines is 1. The van der Waals surface area contributed by atoms with Crippen LogP contribution in [0, 0.1) is 11.3 Å². The Kier molecular flexibility index (Phi) is 3.84. The summed E-state index contributed by atoms with van der Waals surface area (Å²) >= 11 is 0. The number of amides is 1. The third kappa shape index (κ3) is 2.68. The molecule has 0 radical (unpaired) electrons. The Bertz CT molecular complexity index is 706. The van der Waals surface area contributed by atoms with E-state index in [0.717, 1.165) is 30.2 Å². The number of hydrogen-bond donors (Lipinski definition) is 1. The summed E-state index contributed by atoms with van der Waals surface area (Å²) in [6.45, 7) is 4.46. The molecule has 2 aromatic rings. The van der Waals surface area contributed by atoms with Crippen LogP contribution < -0.4 is 4.90 Å². The van der Waals surface area contributed by atoms with Gasteiger partial charge in [-0.05, 0) is 11.6 Å². The molecule has 1 saturated heterocycles. The molecule has 1 aromatic heterocycles. The highest BCUT2D eigenvalue weighted by molar-refractivity contribution is 5.74. The minimum Gasteiger partial charge on any atom is -0.354 e. The fourth-order valence-electron chi connectivity index (χ4n) is 2.80. The van der Waals surface area contributed by atoms with Gasteiger partial charge in [0.05, 0.1) is 5.56 Å². The molecule has 112 valence electrons. The van der Waals surface area contributed by atoms with Gasteiger partial charge in [0.2, 0.25) is 5.91 Å². The average Bonchev–Trinajstić information content (AvgIpc) is 3.00. The number of carbonyl (C=O) groups is 1. The van der Waals surface area contributed by atoms with Crippen molar-refractivity contribution in [3.63, 3.8) is 0 Å². The van der Waals surface area contributed by atoms with E-state index in [2.05, 4.69) is 16.0 Å². The van der Waals surface area contributed by atoms with Crippen molar-refractivity contribution >= 4 is 11.7 Å². The third-order valence-corrected chi connectivity index (χ3v) is 4.04. The maximum Gasteiger partial charge on any atom is 0.219 e. The molecule has 22 heavy (non-hydrogen) atoms. The lowest BCUT2D eigenvalue weighted by Crippen LogP contribution is -2.48. The van der Waals surface area contributed by atoms with Gasteiger partial charge in [-0.25, -0.2) is 0 Å². The maximum atomic E-state index is 11.4. The zero-order valence-corrected chi connectivity index (χ0v) is 12.5. The number of nitriles is 1. The Morgan fingerprint density at radius 1 is 1.18 bits per heavy atom. The second-order valence-corrected chi connectivity index (χ2v) is 5.42. The standard InChI is InChI=1S/C17H18N4O/c1-13(22)20-7-9-21(10-8-20)17-15(12-18)11-16(19-17)14-5-3-2-4-6-14/h2-6,11,19H,7-10H2,1H3. The number of nitrogens with one attached hydrogen (secondary N) is 1.